The minimum atomic E-state index is -4.90. The fourth-order valence-electron chi connectivity index (χ4n) is 1.80. The van der Waals surface area contributed by atoms with E-state index < -0.39 is 30.0 Å². The van der Waals surface area contributed by atoms with Crippen LogP contribution in [0, 0.1) is 0 Å². The average molecular weight is 389 g/mol. The molecule has 14 heteroatoms. The molecule has 0 fully saturated rings. The highest BCUT2D eigenvalue weighted by molar-refractivity contribution is 7.86. The van der Waals surface area contributed by atoms with E-state index in [0.717, 1.165) is 23.0 Å². The summed E-state index contributed by atoms with van der Waals surface area (Å²) in [6.45, 7) is 1.81. The Labute approximate surface area is 142 Å². The van der Waals surface area contributed by atoms with E-state index in [4.69, 9.17) is 5.84 Å². The van der Waals surface area contributed by atoms with Crippen molar-refractivity contribution in [1.29, 1.82) is 0 Å². The van der Waals surface area contributed by atoms with Gasteiger partial charge in [-0.3, -0.25) is 4.55 Å². The number of nitrogen functional groups attached to an aromatic ring is 1. The van der Waals surface area contributed by atoms with Gasteiger partial charge in [0, 0.05) is 12.0 Å². The molecular weight excluding hydrogens is 376 g/mol. The van der Waals surface area contributed by atoms with E-state index in [-0.39, 0.29) is 11.5 Å². The van der Waals surface area contributed by atoms with Gasteiger partial charge in [-0.2, -0.15) is 13.5 Å². The maximum Gasteiger partial charge on any atom is 0.295 e. The zero-order valence-corrected chi connectivity index (χ0v) is 14.3. The van der Waals surface area contributed by atoms with E-state index in [1.807, 2.05) is 6.92 Å². The summed E-state index contributed by atoms with van der Waals surface area (Å²) in [5, 5.41) is 11.2. The Hall–Kier alpha value is -2.55. The number of hydrogen-bond acceptors (Lipinski definition) is 10. The molecule has 0 radical (unpaired) electrons. The fraction of sp³-hybridized carbons (Fsp3) is 0.182. The Kier molecular flexibility index (Phi) is 5.07. The number of aromatic nitrogens is 3. The molecule has 0 spiro atoms. The molecule has 0 saturated carbocycles. The molecular formula is C11H13N6O6S2-. The van der Waals surface area contributed by atoms with E-state index in [1.54, 1.807) is 0 Å². The topological polar surface area (TPSA) is 193 Å². The standard InChI is InChI=1S/C11H14N6O6S2/c1-2-10-14-16-11(17(10)12)15-13-6-7-3-4-8(24(18,19)20)5-9(7)25(21,22)23/h3-6H,2,12H2,1H3,(H,15,16)(H,18,19,20)(H,21,22,23)/p-1/b13-6+. The summed E-state index contributed by atoms with van der Waals surface area (Å²) < 4.78 is 66.1. The van der Waals surface area contributed by atoms with Crippen LogP contribution < -0.4 is 11.3 Å². The highest BCUT2D eigenvalue weighted by Gasteiger charge is 2.17. The second kappa shape index (κ2) is 6.75. The highest BCUT2D eigenvalue weighted by atomic mass is 32.2. The fourth-order valence-corrected chi connectivity index (χ4v) is 3.07. The number of nitrogens with two attached hydrogens (primary N) is 1. The Morgan fingerprint density at radius 2 is 2.04 bits per heavy atom. The van der Waals surface area contributed by atoms with Gasteiger partial charge in [-0.05, 0) is 12.1 Å². The van der Waals surface area contributed by atoms with Crippen LogP contribution in [0.2, 0.25) is 0 Å². The molecule has 2 rings (SSSR count). The van der Waals surface area contributed by atoms with Crippen LogP contribution >= 0.6 is 0 Å². The van der Waals surface area contributed by atoms with Crippen molar-refractivity contribution in [3.63, 3.8) is 0 Å². The van der Waals surface area contributed by atoms with Crippen molar-refractivity contribution in [2.45, 2.75) is 23.1 Å². The number of hydrogen-bond donors (Lipinski definition) is 3. The van der Waals surface area contributed by atoms with Crippen molar-refractivity contribution in [3.8, 4) is 0 Å². The van der Waals surface area contributed by atoms with Crippen molar-refractivity contribution in [1.82, 2.24) is 14.9 Å². The Morgan fingerprint density at radius 1 is 1.36 bits per heavy atom. The zero-order valence-electron chi connectivity index (χ0n) is 12.7. The number of nitrogens with zero attached hydrogens (tertiary/aromatic N) is 4. The molecule has 0 amide bonds. The lowest BCUT2D eigenvalue weighted by molar-refractivity contribution is 0.462. The summed E-state index contributed by atoms with van der Waals surface area (Å²) >= 11 is 0. The lowest BCUT2D eigenvalue weighted by Crippen LogP contribution is -2.15. The quantitative estimate of drug-likeness (QED) is 0.242. The first-order valence-electron chi connectivity index (χ1n) is 6.60. The Bertz CT molecular complexity index is 1030. The molecule has 136 valence electrons. The summed E-state index contributed by atoms with van der Waals surface area (Å²) in [5.41, 5.74) is 2.25. The first-order chi connectivity index (χ1) is 11.5. The lowest BCUT2D eigenvalue weighted by atomic mass is 10.2. The summed E-state index contributed by atoms with van der Waals surface area (Å²) in [5.74, 6) is 6.22. The largest absolute Gasteiger partial charge is 0.744 e. The van der Waals surface area contributed by atoms with Gasteiger partial charge in [0.2, 0.25) is 0 Å². The average Bonchev–Trinajstić information content (AvgIpc) is 2.86. The van der Waals surface area contributed by atoms with Gasteiger partial charge in [-0.1, -0.05) is 13.0 Å². The van der Waals surface area contributed by atoms with Gasteiger partial charge in [0.05, 0.1) is 11.1 Å². The lowest BCUT2D eigenvalue weighted by Gasteiger charge is -2.09. The summed E-state index contributed by atoms with van der Waals surface area (Å²) in [7, 11) is -9.69. The molecule has 25 heavy (non-hydrogen) atoms. The van der Waals surface area contributed by atoms with Gasteiger partial charge in [0.15, 0.2) is 5.82 Å². The normalized spacial score (nSPS) is 12.6. The van der Waals surface area contributed by atoms with Crippen LogP contribution in [0.25, 0.3) is 0 Å². The van der Waals surface area contributed by atoms with Crippen molar-refractivity contribution in [2.75, 3.05) is 11.3 Å². The second-order valence-electron chi connectivity index (χ2n) is 4.66. The maximum absolute atomic E-state index is 11.4. The number of hydrazone groups is 1. The number of nitrogens with one attached hydrogen (secondary N) is 1. The highest BCUT2D eigenvalue weighted by Crippen LogP contribution is 2.19. The van der Waals surface area contributed by atoms with Crippen LogP contribution in [0.1, 0.15) is 18.3 Å². The van der Waals surface area contributed by atoms with Crippen molar-refractivity contribution < 1.29 is 25.9 Å². The summed E-state index contributed by atoms with van der Waals surface area (Å²) in [4.78, 5) is -1.60. The van der Waals surface area contributed by atoms with Crippen LogP contribution in [-0.2, 0) is 26.7 Å². The van der Waals surface area contributed by atoms with Crippen LogP contribution in [-0.4, -0.2) is 47.0 Å². The SMILES string of the molecule is CCc1nnc(N/N=C/c2ccc(S(=O)(=O)[O-])cc2S(=O)(=O)O)n1N. The molecule has 1 aromatic heterocycles. The number of anilines is 1. The molecule has 2 aromatic rings. The third-order valence-electron chi connectivity index (χ3n) is 3.00. The van der Waals surface area contributed by atoms with Crippen LogP contribution in [0.4, 0.5) is 5.95 Å². The molecule has 1 aromatic carbocycles. The number of rotatable bonds is 6. The molecule has 0 atom stereocenters. The van der Waals surface area contributed by atoms with Gasteiger partial charge >= 0.3 is 0 Å². The second-order valence-corrected chi connectivity index (χ2v) is 7.43. The van der Waals surface area contributed by atoms with Crippen LogP contribution in [0.3, 0.4) is 0 Å². The van der Waals surface area contributed by atoms with Crippen molar-refractivity contribution >= 4 is 32.4 Å². The number of aryl methyl sites for hydroxylation is 1. The van der Waals surface area contributed by atoms with E-state index in [0.29, 0.717) is 18.3 Å². The predicted octanol–water partition coefficient (Wildman–Crippen LogP) is -0.849. The smallest absolute Gasteiger partial charge is 0.295 e. The third kappa shape index (κ3) is 4.30. The van der Waals surface area contributed by atoms with Crippen LogP contribution in [0.15, 0.2) is 33.1 Å². The molecule has 0 unspecified atom stereocenters. The van der Waals surface area contributed by atoms with Crippen molar-refractivity contribution in [2.24, 2.45) is 5.10 Å². The van der Waals surface area contributed by atoms with E-state index in [1.165, 1.54) is 0 Å². The zero-order chi connectivity index (χ0) is 18.8. The summed E-state index contributed by atoms with van der Waals surface area (Å²) in [6, 6.07) is 2.43. The van der Waals surface area contributed by atoms with Gasteiger partial charge < -0.3 is 10.4 Å². The van der Waals surface area contributed by atoms with Gasteiger partial charge in [0.25, 0.3) is 16.1 Å². The van der Waals surface area contributed by atoms with Crippen molar-refractivity contribution in [3.05, 3.63) is 29.6 Å². The third-order valence-corrected chi connectivity index (χ3v) is 4.74. The maximum atomic E-state index is 11.4. The number of benzene rings is 1. The van der Waals surface area contributed by atoms with Gasteiger partial charge in [-0.15, -0.1) is 10.2 Å². The van der Waals surface area contributed by atoms with Gasteiger partial charge in [0.1, 0.15) is 15.0 Å². The monoisotopic (exact) mass is 389 g/mol. The summed E-state index contributed by atoms with van der Waals surface area (Å²) in [6.07, 6.45) is 1.50. The predicted molar refractivity (Wildman–Crippen MR) is 85.0 cm³/mol. The molecule has 1 heterocycles. The minimum absolute atomic E-state index is 0.0697. The Morgan fingerprint density at radius 3 is 2.56 bits per heavy atom. The van der Waals surface area contributed by atoms with E-state index >= 15 is 0 Å². The molecule has 0 aliphatic rings. The van der Waals surface area contributed by atoms with Crippen LogP contribution in [0.5, 0.6) is 0 Å². The molecule has 0 aliphatic heterocycles. The molecule has 0 aliphatic carbocycles. The van der Waals surface area contributed by atoms with E-state index in [2.05, 4.69) is 20.7 Å². The van der Waals surface area contributed by atoms with Gasteiger partial charge in [-0.25, -0.2) is 18.5 Å². The minimum Gasteiger partial charge on any atom is -0.744 e. The first-order valence-corrected chi connectivity index (χ1v) is 9.44. The molecule has 12 nitrogen and oxygen atoms in total. The van der Waals surface area contributed by atoms with E-state index in [9.17, 15) is 25.9 Å². The first kappa shape index (κ1) is 18.8. The Balaban J connectivity index is 2.37. The molecule has 0 saturated heterocycles. The molecule has 0 bridgehead atoms. The molecule has 4 N–H and O–H groups in total.